The molecule has 0 aliphatic heterocycles. The van der Waals surface area contributed by atoms with Crippen LogP contribution in [0.25, 0.3) is 0 Å². The van der Waals surface area contributed by atoms with E-state index in [1.165, 1.54) is 0 Å². The fourth-order valence-corrected chi connectivity index (χ4v) is 5.59. The molecule has 3 aromatic carbocycles. The lowest BCUT2D eigenvalue weighted by Crippen LogP contribution is -2.15. The third kappa shape index (κ3) is 6.17. The summed E-state index contributed by atoms with van der Waals surface area (Å²) in [6.07, 6.45) is 2.04. The van der Waals surface area contributed by atoms with Crippen LogP contribution in [0.3, 0.4) is 0 Å². The van der Waals surface area contributed by atoms with Gasteiger partial charge in [0.25, 0.3) is 5.91 Å². The van der Waals surface area contributed by atoms with Gasteiger partial charge in [-0.15, -0.1) is 0 Å². The lowest BCUT2D eigenvalue weighted by molar-refractivity contribution is -0.115. The summed E-state index contributed by atoms with van der Waals surface area (Å²) in [5, 5.41) is 6.12. The molecule has 0 unspecified atom stereocenters. The molecule has 1 fully saturated rings. The Kier molecular flexibility index (Phi) is 7.26. The van der Waals surface area contributed by atoms with Crippen LogP contribution in [-0.2, 0) is 21.1 Å². The highest BCUT2D eigenvalue weighted by atomic mass is 35.5. The molecular weight excluding hydrogens is 495 g/mol. The second-order valence-electron chi connectivity index (χ2n) is 8.22. The first kappa shape index (κ1) is 24.3. The van der Waals surface area contributed by atoms with E-state index < -0.39 is 9.84 Å². The van der Waals surface area contributed by atoms with Gasteiger partial charge in [0.2, 0.25) is 5.91 Å². The van der Waals surface area contributed by atoms with Crippen molar-refractivity contribution in [2.24, 2.45) is 5.92 Å². The highest BCUT2D eigenvalue weighted by Crippen LogP contribution is 2.32. The minimum atomic E-state index is -3.27. The average Bonchev–Trinajstić information content (AvgIpc) is 3.60. The van der Waals surface area contributed by atoms with E-state index in [2.05, 4.69) is 10.6 Å². The van der Waals surface area contributed by atoms with Gasteiger partial charge in [0.05, 0.1) is 32.8 Å². The van der Waals surface area contributed by atoms with E-state index >= 15 is 0 Å². The van der Waals surface area contributed by atoms with Crippen LogP contribution >= 0.6 is 23.2 Å². The molecule has 9 heteroatoms. The van der Waals surface area contributed by atoms with E-state index in [0.29, 0.717) is 32.5 Å². The zero-order chi connectivity index (χ0) is 24.3. The Morgan fingerprint density at radius 1 is 0.853 bits per heavy atom. The van der Waals surface area contributed by atoms with Crippen molar-refractivity contribution in [1.29, 1.82) is 0 Å². The van der Waals surface area contributed by atoms with Crippen LogP contribution in [0.5, 0.6) is 0 Å². The summed E-state index contributed by atoms with van der Waals surface area (Å²) >= 11 is 12.2. The Morgan fingerprint density at radius 3 is 2.06 bits per heavy atom. The van der Waals surface area contributed by atoms with Gasteiger partial charge in [0.1, 0.15) is 0 Å². The van der Waals surface area contributed by atoms with Crippen molar-refractivity contribution in [1.82, 2.24) is 0 Å². The van der Waals surface area contributed by atoms with Crippen molar-refractivity contribution in [2.75, 3.05) is 16.4 Å². The van der Waals surface area contributed by atoms with Crippen molar-refractivity contribution in [3.63, 3.8) is 0 Å². The first-order chi connectivity index (χ1) is 16.2. The number of carbonyl (C=O) groups is 2. The third-order valence-corrected chi connectivity index (χ3v) is 7.96. The van der Waals surface area contributed by atoms with E-state index in [9.17, 15) is 18.0 Å². The average molecular weight is 517 g/mol. The number of hydrogen-bond acceptors (Lipinski definition) is 4. The highest BCUT2D eigenvalue weighted by Gasteiger charge is 2.29. The van der Waals surface area contributed by atoms with Crippen LogP contribution in [0.4, 0.5) is 11.4 Å². The lowest BCUT2D eigenvalue weighted by atomic mass is 10.1. The zero-order valence-electron chi connectivity index (χ0n) is 18.1. The number of halogens is 2. The number of carbonyl (C=O) groups excluding carboxylic acids is 2. The van der Waals surface area contributed by atoms with Gasteiger partial charge in [-0.05, 0) is 72.9 Å². The maximum Gasteiger partial charge on any atom is 0.255 e. The molecule has 0 radical (unpaired) electrons. The van der Waals surface area contributed by atoms with E-state index in [4.69, 9.17) is 23.2 Å². The lowest BCUT2D eigenvalue weighted by Gasteiger charge is -2.10. The molecule has 0 saturated heterocycles. The zero-order valence-corrected chi connectivity index (χ0v) is 20.4. The SMILES string of the molecule is O=C(Cc1ccc(S(=O)(=O)CC2CC2)cc1)Nc1ccc(C(=O)Nc2c(Cl)cccc2Cl)cc1. The van der Waals surface area contributed by atoms with Crippen molar-refractivity contribution < 1.29 is 18.0 Å². The maximum atomic E-state index is 12.5. The Bertz CT molecular complexity index is 1300. The topological polar surface area (TPSA) is 92.3 Å². The van der Waals surface area contributed by atoms with Gasteiger partial charge < -0.3 is 10.6 Å². The summed E-state index contributed by atoms with van der Waals surface area (Å²) in [5.74, 6) is -0.174. The quantitative estimate of drug-likeness (QED) is 0.406. The van der Waals surface area contributed by atoms with Crippen molar-refractivity contribution >= 4 is 56.2 Å². The fourth-order valence-electron chi connectivity index (χ4n) is 3.40. The normalized spacial score (nSPS) is 13.4. The van der Waals surface area contributed by atoms with Crippen LogP contribution in [0, 0.1) is 5.92 Å². The molecule has 1 saturated carbocycles. The molecule has 176 valence electrons. The van der Waals surface area contributed by atoms with E-state index in [1.54, 1.807) is 66.7 Å². The highest BCUT2D eigenvalue weighted by molar-refractivity contribution is 7.91. The number of para-hydroxylation sites is 1. The third-order valence-electron chi connectivity index (χ3n) is 5.43. The van der Waals surface area contributed by atoms with Gasteiger partial charge in [0.15, 0.2) is 9.84 Å². The maximum absolute atomic E-state index is 12.5. The Morgan fingerprint density at radius 2 is 1.47 bits per heavy atom. The molecule has 2 N–H and O–H groups in total. The molecule has 1 aliphatic rings. The fraction of sp³-hybridized carbons (Fsp3) is 0.200. The summed E-state index contributed by atoms with van der Waals surface area (Å²) in [6.45, 7) is 0. The minimum Gasteiger partial charge on any atom is -0.326 e. The molecule has 6 nitrogen and oxygen atoms in total. The Hall–Kier alpha value is -2.87. The number of amides is 2. The second-order valence-corrected chi connectivity index (χ2v) is 11.1. The van der Waals surface area contributed by atoms with Gasteiger partial charge in [-0.1, -0.05) is 41.4 Å². The molecule has 0 bridgehead atoms. The number of rotatable bonds is 8. The van der Waals surface area contributed by atoms with E-state index in [-0.39, 0.29) is 34.8 Å². The summed E-state index contributed by atoms with van der Waals surface area (Å²) in [6, 6.07) is 17.8. The molecule has 34 heavy (non-hydrogen) atoms. The monoisotopic (exact) mass is 516 g/mol. The second kappa shape index (κ2) is 10.2. The number of benzene rings is 3. The van der Waals surface area contributed by atoms with Crippen LogP contribution in [-0.4, -0.2) is 26.0 Å². The standard InChI is InChI=1S/C25H22Cl2N2O4S/c26-21-2-1-3-22(27)24(21)29-25(31)18-8-10-19(11-9-18)28-23(30)14-16-6-12-20(13-7-16)34(32,33)15-17-4-5-17/h1-3,6-13,17H,4-5,14-15H2,(H,28,30)(H,29,31). The molecule has 1 aliphatic carbocycles. The summed E-state index contributed by atoms with van der Waals surface area (Å²) < 4.78 is 24.7. The van der Waals surface area contributed by atoms with Gasteiger partial charge in [-0.3, -0.25) is 9.59 Å². The molecular formula is C25H22Cl2N2O4S. The summed E-state index contributed by atoms with van der Waals surface area (Å²) in [4.78, 5) is 25.2. The van der Waals surface area contributed by atoms with Gasteiger partial charge in [-0.25, -0.2) is 8.42 Å². The van der Waals surface area contributed by atoms with E-state index in [0.717, 1.165) is 12.8 Å². The molecule has 2 amide bonds. The smallest absolute Gasteiger partial charge is 0.255 e. The Labute approximate surface area is 208 Å². The predicted octanol–water partition coefficient (Wildman–Crippen LogP) is 5.61. The number of sulfone groups is 1. The minimum absolute atomic E-state index is 0.0934. The van der Waals surface area contributed by atoms with Crippen LogP contribution in [0.15, 0.2) is 71.6 Å². The summed E-state index contributed by atoms with van der Waals surface area (Å²) in [7, 11) is -3.27. The van der Waals surface area contributed by atoms with Gasteiger partial charge >= 0.3 is 0 Å². The Balaban J connectivity index is 1.33. The molecule has 3 aromatic rings. The summed E-state index contributed by atoms with van der Waals surface area (Å²) in [5.41, 5.74) is 1.94. The molecule has 0 atom stereocenters. The number of nitrogens with one attached hydrogen (secondary N) is 2. The van der Waals surface area contributed by atoms with Crippen molar-refractivity contribution in [3.8, 4) is 0 Å². The van der Waals surface area contributed by atoms with Crippen LogP contribution in [0.1, 0.15) is 28.8 Å². The van der Waals surface area contributed by atoms with E-state index in [1.807, 2.05) is 0 Å². The van der Waals surface area contributed by atoms with Crippen molar-refractivity contribution in [2.45, 2.75) is 24.2 Å². The number of anilines is 2. The van der Waals surface area contributed by atoms with Crippen LogP contribution in [0.2, 0.25) is 10.0 Å². The largest absolute Gasteiger partial charge is 0.326 e. The van der Waals surface area contributed by atoms with Crippen molar-refractivity contribution in [3.05, 3.63) is 87.9 Å². The van der Waals surface area contributed by atoms with Gasteiger partial charge in [-0.2, -0.15) is 0 Å². The van der Waals surface area contributed by atoms with Gasteiger partial charge in [0, 0.05) is 11.3 Å². The first-order valence-corrected chi connectivity index (χ1v) is 13.1. The number of hydrogen-bond donors (Lipinski definition) is 2. The molecule has 0 aromatic heterocycles. The molecule has 4 rings (SSSR count). The molecule has 0 spiro atoms. The predicted molar refractivity (Wildman–Crippen MR) is 134 cm³/mol. The first-order valence-electron chi connectivity index (χ1n) is 10.7. The van der Waals surface area contributed by atoms with Crippen LogP contribution < -0.4 is 10.6 Å². The molecule has 0 heterocycles.